The molecule has 2 aromatic carbocycles. The first-order chi connectivity index (χ1) is 12.9. The number of nitrogens with zero attached hydrogens (tertiary/aromatic N) is 1. The molecule has 0 aliphatic carbocycles. The van der Waals surface area contributed by atoms with Crippen molar-refractivity contribution in [2.24, 2.45) is 0 Å². The lowest BCUT2D eigenvalue weighted by Crippen LogP contribution is -2.11. The van der Waals surface area contributed by atoms with Crippen LogP contribution in [0.3, 0.4) is 0 Å². The molecule has 0 fully saturated rings. The van der Waals surface area contributed by atoms with Gasteiger partial charge in [-0.3, -0.25) is 0 Å². The maximum atomic E-state index is 13.1. The molecule has 0 saturated heterocycles. The zero-order valence-electron chi connectivity index (χ0n) is 13.9. The second-order valence-corrected chi connectivity index (χ2v) is 6.00. The van der Waals surface area contributed by atoms with Crippen molar-refractivity contribution < 1.29 is 31.4 Å². The number of hydrogen-bond donors (Lipinski definition) is 2. The van der Waals surface area contributed by atoms with Gasteiger partial charge in [0, 0.05) is 17.3 Å². The third-order valence-electron chi connectivity index (χ3n) is 4.02. The van der Waals surface area contributed by atoms with Crippen LogP contribution in [-0.2, 0) is 12.4 Å². The Bertz CT molecular complexity index is 978. The highest BCUT2D eigenvalue weighted by Gasteiger charge is 2.37. The molecule has 146 valence electrons. The maximum absolute atomic E-state index is 13.1. The number of pyridine rings is 1. The number of alkyl halides is 6. The van der Waals surface area contributed by atoms with Gasteiger partial charge < -0.3 is 10.8 Å². The third-order valence-corrected chi connectivity index (χ3v) is 4.02. The highest BCUT2D eigenvalue weighted by Crippen LogP contribution is 2.39. The quantitative estimate of drug-likeness (QED) is 0.541. The minimum absolute atomic E-state index is 0.0147. The summed E-state index contributed by atoms with van der Waals surface area (Å²) < 4.78 is 78.4. The van der Waals surface area contributed by atoms with Crippen LogP contribution >= 0.6 is 0 Å². The number of benzene rings is 2. The van der Waals surface area contributed by atoms with E-state index in [1.165, 1.54) is 30.3 Å². The Labute approximate surface area is 155 Å². The number of anilines is 1. The summed E-state index contributed by atoms with van der Waals surface area (Å²) in [6.45, 7) is 0. The van der Waals surface area contributed by atoms with E-state index in [0.29, 0.717) is 23.3 Å². The molecule has 0 radical (unpaired) electrons. The van der Waals surface area contributed by atoms with Gasteiger partial charge in [-0.2, -0.15) is 26.3 Å². The molecule has 0 saturated carbocycles. The number of halogens is 6. The zero-order chi connectivity index (χ0) is 20.7. The van der Waals surface area contributed by atoms with E-state index in [-0.39, 0.29) is 28.8 Å². The Morgan fingerprint density at radius 2 is 1.25 bits per heavy atom. The van der Waals surface area contributed by atoms with Crippen molar-refractivity contribution in [1.29, 1.82) is 0 Å². The van der Waals surface area contributed by atoms with Crippen LogP contribution in [0.25, 0.3) is 22.3 Å². The molecule has 1 aromatic heterocycles. The number of rotatable bonds is 2. The van der Waals surface area contributed by atoms with Crippen LogP contribution < -0.4 is 5.73 Å². The summed E-state index contributed by atoms with van der Waals surface area (Å²) in [5, 5.41) is 9.36. The Morgan fingerprint density at radius 1 is 0.714 bits per heavy atom. The van der Waals surface area contributed by atoms with Gasteiger partial charge in [-0.25, -0.2) is 4.98 Å². The van der Waals surface area contributed by atoms with Crippen LogP contribution in [0.4, 0.5) is 32.2 Å². The summed E-state index contributed by atoms with van der Waals surface area (Å²) in [6, 6.07) is 8.41. The van der Waals surface area contributed by atoms with Crippen molar-refractivity contribution in [3.63, 3.8) is 0 Å². The maximum Gasteiger partial charge on any atom is 0.416 e. The van der Waals surface area contributed by atoms with Crippen LogP contribution in [0.15, 0.2) is 54.7 Å². The van der Waals surface area contributed by atoms with Crippen molar-refractivity contribution in [3.05, 3.63) is 65.9 Å². The smallest absolute Gasteiger partial charge is 0.416 e. The molecule has 3 rings (SSSR count). The highest BCUT2D eigenvalue weighted by molar-refractivity contribution is 5.79. The van der Waals surface area contributed by atoms with Crippen LogP contribution in [0, 0.1) is 0 Å². The summed E-state index contributed by atoms with van der Waals surface area (Å²) in [6.07, 6.45) is -8.79. The first-order valence-corrected chi connectivity index (χ1v) is 7.80. The molecule has 0 aliphatic heterocycles. The number of phenols is 1. The standard InChI is InChI=1S/C19H12F6N2O/c20-18(21,22)13-5-11(6-14(8-13)19(23,24)25)12-7-16(17(26)27-9-12)10-1-3-15(28)4-2-10/h1-9,28H,(H2,26,27). The summed E-state index contributed by atoms with van der Waals surface area (Å²) in [7, 11) is 0. The van der Waals surface area contributed by atoms with E-state index in [2.05, 4.69) is 4.98 Å². The predicted molar refractivity (Wildman–Crippen MR) is 91.2 cm³/mol. The topological polar surface area (TPSA) is 59.1 Å². The lowest BCUT2D eigenvalue weighted by Gasteiger charge is -2.15. The number of nitrogens with two attached hydrogens (primary N) is 1. The van der Waals surface area contributed by atoms with Crippen LogP contribution in [-0.4, -0.2) is 10.1 Å². The lowest BCUT2D eigenvalue weighted by molar-refractivity contribution is -0.143. The van der Waals surface area contributed by atoms with Crippen LogP contribution in [0.2, 0.25) is 0 Å². The van der Waals surface area contributed by atoms with Gasteiger partial charge in [0.15, 0.2) is 0 Å². The monoisotopic (exact) mass is 398 g/mol. The van der Waals surface area contributed by atoms with E-state index in [4.69, 9.17) is 5.73 Å². The normalized spacial score (nSPS) is 12.2. The van der Waals surface area contributed by atoms with Crippen LogP contribution in [0.5, 0.6) is 5.75 Å². The average Bonchev–Trinajstić information content (AvgIpc) is 2.61. The number of hydrogen-bond acceptors (Lipinski definition) is 3. The molecule has 0 spiro atoms. The lowest BCUT2D eigenvalue weighted by atomic mass is 9.97. The fourth-order valence-corrected chi connectivity index (χ4v) is 2.63. The Morgan fingerprint density at radius 3 is 1.75 bits per heavy atom. The summed E-state index contributed by atoms with van der Waals surface area (Å²) in [4.78, 5) is 3.89. The number of aromatic hydroxyl groups is 1. The number of nitrogen functional groups attached to an aromatic ring is 1. The molecular formula is C19H12F6N2O. The second kappa shape index (κ2) is 6.74. The molecule has 0 aliphatic rings. The predicted octanol–water partition coefficient (Wildman–Crippen LogP) is 5.74. The Kier molecular flexibility index (Phi) is 4.70. The molecule has 0 amide bonds. The van der Waals surface area contributed by atoms with Gasteiger partial charge >= 0.3 is 12.4 Å². The van der Waals surface area contributed by atoms with E-state index in [1.807, 2.05) is 0 Å². The molecule has 1 heterocycles. The Hall–Kier alpha value is -3.23. The molecular weight excluding hydrogens is 386 g/mol. The number of aromatic nitrogens is 1. The zero-order valence-corrected chi connectivity index (χ0v) is 13.9. The second-order valence-electron chi connectivity index (χ2n) is 6.00. The molecule has 28 heavy (non-hydrogen) atoms. The van der Waals surface area contributed by atoms with E-state index in [9.17, 15) is 31.4 Å². The first kappa shape index (κ1) is 19.5. The van der Waals surface area contributed by atoms with E-state index in [0.717, 1.165) is 6.20 Å². The van der Waals surface area contributed by atoms with Crippen molar-refractivity contribution in [1.82, 2.24) is 4.98 Å². The minimum atomic E-state index is -4.95. The SMILES string of the molecule is Nc1ncc(-c2cc(C(F)(F)F)cc(C(F)(F)F)c2)cc1-c1ccc(O)cc1. The largest absolute Gasteiger partial charge is 0.508 e. The van der Waals surface area contributed by atoms with Crippen molar-refractivity contribution in [3.8, 4) is 28.0 Å². The molecule has 3 nitrogen and oxygen atoms in total. The molecule has 0 unspecified atom stereocenters. The highest BCUT2D eigenvalue weighted by atomic mass is 19.4. The summed E-state index contributed by atoms with van der Waals surface area (Å²) in [5.74, 6) is 0.0246. The average molecular weight is 398 g/mol. The van der Waals surface area contributed by atoms with Gasteiger partial charge in [0.25, 0.3) is 0 Å². The molecule has 0 atom stereocenters. The summed E-state index contributed by atoms with van der Waals surface area (Å²) in [5.41, 5.74) is 3.51. The van der Waals surface area contributed by atoms with Gasteiger partial charge in [0.2, 0.25) is 0 Å². The van der Waals surface area contributed by atoms with Gasteiger partial charge in [-0.05, 0) is 47.5 Å². The Balaban J connectivity index is 2.18. The van der Waals surface area contributed by atoms with E-state index < -0.39 is 23.5 Å². The first-order valence-electron chi connectivity index (χ1n) is 7.80. The number of phenolic OH excluding ortho intramolecular Hbond substituents is 1. The minimum Gasteiger partial charge on any atom is -0.508 e. The fraction of sp³-hybridized carbons (Fsp3) is 0.105. The van der Waals surface area contributed by atoms with Gasteiger partial charge in [0.05, 0.1) is 11.1 Å². The van der Waals surface area contributed by atoms with Crippen LogP contribution in [0.1, 0.15) is 11.1 Å². The van der Waals surface area contributed by atoms with Crippen molar-refractivity contribution >= 4 is 5.82 Å². The van der Waals surface area contributed by atoms with Gasteiger partial charge in [-0.15, -0.1) is 0 Å². The van der Waals surface area contributed by atoms with Gasteiger partial charge in [0.1, 0.15) is 11.6 Å². The van der Waals surface area contributed by atoms with Gasteiger partial charge in [-0.1, -0.05) is 12.1 Å². The molecule has 3 N–H and O–H groups in total. The van der Waals surface area contributed by atoms with E-state index >= 15 is 0 Å². The molecule has 3 aromatic rings. The van der Waals surface area contributed by atoms with E-state index in [1.54, 1.807) is 0 Å². The van der Waals surface area contributed by atoms with Crippen molar-refractivity contribution in [2.45, 2.75) is 12.4 Å². The fourth-order valence-electron chi connectivity index (χ4n) is 2.63. The molecule has 9 heteroatoms. The third kappa shape index (κ3) is 4.03. The van der Waals surface area contributed by atoms with Crippen molar-refractivity contribution in [2.75, 3.05) is 5.73 Å². The summed E-state index contributed by atoms with van der Waals surface area (Å²) >= 11 is 0. The molecule has 0 bridgehead atoms.